The number of H-pyrrole nitrogens is 1. The van der Waals surface area contributed by atoms with Gasteiger partial charge in [-0.1, -0.05) is 13.0 Å². The van der Waals surface area contributed by atoms with Gasteiger partial charge in [-0.25, -0.2) is 4.98 Å². The van der Waals surface area contributed by atoms with Crippen molar-refractivity contribution in [1.82, 2.24) is 20.3 Å². The summed E-state index contributed by atoms with van der Waals surface area (Å²) < 4.78 is 0. The van der Waals surface area contributed by atoms with Crippen LogP contribution in [0.3, 0.4) is 0 Å². The Bertz CT molecular complexity index is 780. The number of aromatic nitrogens is 3. The number of benzene rings is 1. The number of nitrogens with zero attached hydrogens (tertiary/aromatic N) is 2. The Hall–Kier alpha value is -2.69. The molecule has 0 saturated carbocycles. The summed E-state index contributed by atoms with van der Waals surface area (Å²) in [6.07, 6.45) is 3.67. The molecule has 0 atom stereocenters. The fraction of sp³-hybridized carbons (Fsp3) is 0.235. The van der Waals surface area contributed by atoms with Gasteiger partial charge in [0.15, 0.2) is 0 Å². The molecular weight excluding hydrogens is 276 g/mol. The Kier molecular flexibility index (Phi) is 4.14. The van der Waals surface area contributed by atoms with Crippen LogP contribution >= 0.6 is 0 Å². The second-order valence-corrected chi connectivity index (χ2v) is 5.17. The molecule has 3 aromatic rings. The zero-order valence-electron chi connectivity index (χ0n) is 12.5. The standard InChI is InChI=1S/C17H18N4O/c1-2-5-16-20-14-8-7-12(10-15(14)21-16)17(22)19-11-13-6-3-4-9-18-13/h3-4,6-10H,2,5,11H2,1H3,(H,19,22)(H,20,21). The van der Waals surface area contributed by atoms with Gasteiger partial charge < -0.3 is 10.3 Å². The van der Waals surface area contributed by atoms with E-state index in [4.69, 9.17) is 0 Å². The lowest BCUT2D eigenvalue weighted by molar-refractivity contribution is 0.0950. The fourth-order valence-corrected chi connectivity index (χ4v) is 2.33. The van der Waals surface area contributed by atoms with Crippen molar-refractivity contribution in [2.24, 2.45) is 0 Å². The average Bonchev–Trinajstić information content (AvgIpc) is 2.95. The van der Waals surface area contributed by atoms with Gasteiger partial charge in [0.05, 0.1) is 23.3 Å². The number of fused-ring (bicyclic) bond motifs is 1. The second kappa shape index (κ2) is 6.39. The lowest BCUT2D eigenvalue weighted by atomic mass is 10.2. The molecule has 0 radical (unpaired) electrons. The van der Waals surface area contributed by atoms with Crippen LogP contribution in [0.2, 0.25) is 0 Å². The zero-order chi connectivity index (χ0) is 15.4. The molecule has 0 aliphatic heterocycles. The predicted molar refractivity (Wildman–Crippen MR) is 85.5 cm³/mol. The monoisotopic (exact) mass is 294 g/mol. The molecule has 0 spiro atoms. The van der Waals surface area contributed by atoms with E-state index in [0.29, 0.717) is 12.1 Å². The van der Waals surface area contributed by atoms with Crippen LogP contribution in [0.15, 0.2) is 42.6 Å². The van der Waals surface area contributed by atoms with Crippen LogP contribution in [0.25, 0.3) is 11.0 Å². The molecule has 2 N–H and O–H groups in total. The molecule has 0 fully saturated rings. The van der Waals surface area contributed by atoms with Crippen LogP contribution in [-0.2, 0) is 13.0 Å². The highest BCUT2D eigenvalue weighted by atomic mass is 16.1. The van der Waals surface area contributed by atoms with Crippen molar-refractivity contribution in [3.8, 4) is 0 Å². The molecular formula is C17H18N4O. The first-order valence-electron chi connectivity index (χ1n) is 7.43. The molecule has 0 unspecified atom stereocenters. The van der Waals surface area contributed by atoms with Crippen LogP contribution in [0.1, 0.15) is 35.2 Å². The molecule has 1 amide bonds. The van der Waals surface area contributed by atoms with E-state index < -0.39 is 0 Å². The van der Waals surface area contributed by atoms with Crippen LogP contribution in [0.4, 0.5) is 0 Å². The first-order valence-corrected chi connectivity index (χ1v) is 7.43. The summed E-state index contributed by atoms with van der Waals surface area (Å²) in [7, 11) is 0. The number of pyridine rings is 1. The number of carbonyl (C=O) groups is 1. The molecule has 5 heteroatoms. The summed E-state index contributed by atoms with van der Waals surface area (Å²) in [6.45, 7) is 2.53. The highest BCUT2D eigenvalue weighted by Crippen LogP contribution is 2.14. The fourth-order valence-electron chi connectivity index (χ4n) is 2.33. The van der Waals surface area contributed by atoms with E-state index >= 15 is 0 Å². The molecule has 0 aliphatic carbocycles. The van der Waals surface area contributed by atoms with Crippen LogP contribution in [-0.4, -0.2) is 20.9 Å². The minimum Gasteiger partial charge on any atom is -0.346 e. The summed E-state index contributed by atoms with van der Waals surface area (Å²) in [5, 5.41) is 2.88. The molecule has 2 aromatic heterocycles. The van der Waals surface area contributed by atoms with Crippen LogP contribution in [0.5, 0.6) is 0 Å². The van der Waals surface area contributed by atoms with Crippen LogP contribution in [0, 0.1) is 0 Å². The van der Waals surface area contributed by atoms with E-state index in [-0.39, 0.29) is 5.91 Å². The molecule has 1 aromatic carbocycles. The van der Waals surface area contributed by atoms with Gasteiger partial charge in [-0.15, -0.1) is 0 Å². The summed E-state index contributed by atoms with van der Waals surface area (Å²) in [4.78, 5) is 24.2. The lowest BCUT2D eigenvalue weighted by Crippen LogP contribution is -2.23. The Labute approximate surface area is 128 Å². The van der Waals surface area contributed by atoms with Crippen molar-refractivity contribution in [2.75, 3.05) is 0 Å². The van der Waals surface area contributed by atoms with Gasteiger partial charge in [0.1, 0.15) is 5.82 Å². The van der Waals surface area contributed by atoms with E-state index in [2.05, 4.69) is 27.2 Å². The minimum absolute atomic E-state index is 0.112. The average molecular weight is 294 g/mol. The third-order valence-electron chi connectivity index (χ3n) is 3.44. The first kappa shape index (κ1) is 14.3. The molecule has 0 aliphatic rings. The third kappa shape index (κ3) is 3.14. The smallest absolute Gasteiger partial charge is 0.251 e. The lowest BCUT2D eigenvalue weighted by Gasteiger charge is -2.04. The number of rotatable bonds is 5. The van der Waals surface area contributed by atoms with E-state index in [1.165, 1.54) is 0 Å². The molecule has 0 saturated heterocycles. The Morgan fingerprint density at radius 1 is 1.27 bits per heavy atom. The molecule has 2 heterocycles. The number of aryl methyl sites for hydroxylation is 1. The van der Waals surface area contributed by atoms with Crippen molar-refractivity contribution in [3.63, 3.8) is 0 Å². The normalized spacial score (nSPS) is 10.8. The summed E-state index contributed by atoms with van der Waals surface area (Å²) >= 11 is 0. The number of amides is 1. The number of nitrogens with one attached hydrogen (secondary N) is 2. The van der Waals surface area contributed by atoms with Crippen molar-refractivity contribution >= 4 is 16.9 Å². The number of imidazole rings is 1. The van der Waals surface area contributed by atoms with Crippen molar-refractivity contribution in [2.45, 2.75) is 26.3 Å². The van der Waals surface area contributed by atoms with Crippen LogP contribution < -0.4 is 5.32 Å². The molecule has 22 heavy (non-hydrogen) atoms. The highest BCUT2D eigenvalue weighted by molar-refractivity contribution is 5.97. The van der Waals surface area contributed by atoms with E-state index in [9.17, 15) is 4.79 Å². The van der Waals surface area contributed by atoms with Gasteiger partial charge >= 0.3 is 0 Å². The quantitative estimate of drug-likeness (QED) is 0.760. The van der Waals surface area contributed by atoms with Crippen molar-refractivity contribution in [1.29, 1.82) is 0 Å². The highest BCUT2D eigenvalue weighted by Gasteiger charge is 2.09. The SMILES string of the molecule is CCCc1nc2ccc(C(=O)NCc3ccccn3)cc2[nH]1. The third-order valence-corrected chi connectivity index (χ3v) is 3.44. The van der Waals surface area contributed by atoms with E-state index in [0.717, 1.165) is 35.4 Å². The van der Waals surface area contributed by atoms with Gasteiger partial charge in [-0.2, -0.15) is 0 Å². The van der Waals surface area contributed by atoms with Gasteiger partial charge in [0.2, 0.25) is 0 Å². The van der Waals surface area contributed by atoms with E-state index in [1.54, 1.807) is 12.3 Å². The van der Waals surface area contributed by atoms with Gasteiger partial charge in [0, 0.05) is 18.2 Å². The number of carbonyl (C=O) groups excluding carboxylic acids is 1. The molecule has 112 valence electrons. The largest absolute Gasteiger partial charge is 0.346 e. The second-order valence-electron chi connectivity index (χ2n) is 5.17. The maximum absolute atomic E-state index is 12.2. The van der Waals surface area contributed by atoms with Gasteiger partial charge in [0.25, 0.3) is 5.91 Å². The maximum Gasteiger partial charge on any atom is 0.251 e. The predicted octanol–water partition coefficient (Wildman–Crippen LogP) is 2.84. The minimum atomic E-state index is -0.112. The van der Waals surface area contributed by atoms with Gasteiger partial charge in [-0.05, 0) is 36.8 Å². The van der Waals surface area contributed by atoms with Gasteiger partial charge in [-0.3, -0.25) is 9.78 Å². The summed E-state index contributed by atoms with van der Waals surface area (Å²) in [5.41, 5.74) is 3.25. The summed E-state index contributed by atoms with van der Waals surface area (Å²) in [5.74, 6) is 0.850. The number of hydrogen-bond donors (Lipinski definition) is 2. The summed E-state index contributed by atoms with van der Waals surface area (Å²) in [6, 6.07) is 11.2. The number of hydrogen-bond acceptors (Lipinski definition) is 3. The Balaban J connectivity index is 1.73. The van der Waals surface area contributed by atoms with Crippen molar-refractivity contribution < 1.29 is 4.79 Å². The Morgan fingerprint density at radius 2 is 2.18 bits per heavy atom. The first-order chi connectivity index (χ1) is 10.8. The Morgan fingerprint density at radius 3 is 2.95 bits per heavy atom. The molecule has 3 rings (SSSR count). The zero-order valence-corrected chi connectivity index (χ0v) is 12.5. The number of aromatic amines is 1. The molecule has 5 nitrogen and oxygen atoms in total. The topological polar surface area (TPSA) is 70.7 Å². The maximum atomic E-state index is 12.2. The van der Waals surface area contributed by atoms with E-state index in [1.807, 2.05) is 30.3 Å². The molecule has 0 bridgehead atoms. The van der Waals surface area contributed by atoms with Crippen molar-refractivity contribution in [3.05, 3.63) is 59.7 Å².